The summed E-state index contributed by atoms with van der Waals surface area (Å²) in [6.45, 7) is 15.8. The van der Waals surface area contributed by atoms with Gasteiger partial charge in [0, 0.05) is 19.3 Å². The quantitative estimate of drug-likeness (QED) is 0.704. The summed E-state index contributed by atoms with van der Waals surface area (Å²) in [5.41, 5.74) is 0. The van der Waals surface area contributed by atoms with E-state index < -0.39 is 0 Å². The molecule has 0 aromatic heterocycles. The van der Waals surface area contributed by atoms with Crippen LogP contribution in [0.25, 0.3) is 0 Å². The van der Waals surface area contributed by atoms with E-state index in [9.17, 15) is 0 Å². The van der Waals surface area contributed by atoms with Crippen molar-refractivity contribution < 1.29 is 4.74 Å². The first-order valence-electron chi connectivity index (χ1n) is 8.55. The first-order valence-corrected chi connectivity index (χ1v) is 8.55. The molecule has 0 N–H and O–H groups in total. The lowest BCUT2D eigenvalue weighted by molar-refractivity contribution is 0.185. The van der Waals surface area contributed by atoms with Crippen LogP contribution < -0.4 is 0 Å². The summed E-state index contributed by atoms with van der Waals surface area (Å²) in [4.78, 5) is 2.46. The molecule has 0 spiro atoms. The maximum absolute atomic E-state index is 5.15. The topological polar surface area (TPSA) is 12.5 Å². The third kappa shape index (κ3) is 10.4. The molecule has 19 heavy (non-hydrogen) atoms. The van der Waals surface area contributed by atoms with Crippen LogP contribution in [-0.4, -0.2) is 37.7 Å². The van der Waals surface area contributed by atoms with Gasteiger partial charge in [0.2, 0.25) is 0 Å². The van der Waals surface area contributed by atoms with Gasteiger partial charge in [0.1, 0.15) is 0 Å². The molecule has 2 heteroatoms. The van der Waals surface area contributed by atoms with Gasteiger partial charge in [0.25, 0.3) is 0 Å². The molecular formula is C17H39NO. The largest absolute Gasteiger partial charge is 0.381 e. The fraction of sp³-hybridized carbons (Fsp3) is 1.00. The highest BCUT2D eigenvalue weighted by Crippen LogP contribution is 2.16. The van der Waals surface area contributed by atoms with Gasteiger partial charge in [-0.2, -0.15) is 0 Å². The summed E-state index contributed by atoms with van der Waals surface area (Å²) in [6, 6.07) is 0.898. The predicted molar refractivity (Wildman–Crippen MR) is 87.9 cm³/mol. The average molecular weight is 274 g/mol. The molecule has 0 aliphatic carbocycles. The van der Waals surface area contributed by atoms with E-state index in [1.54, 1.807) is 0 Å². The molecule has 118 valence electrons. The highest BCUT2D eigenvalue weighted by molar-refractivity contribution is 4.73. The molecule has 2 heterocycles. The van der Waals surface area contributed by atoms with Crippen molar-refractivity contribution in [2.75, 3.05) is 26.8 Å². The van der Waals surface area contributed by atoms with Crippen molar-refractivity contribution in [2.24, 2.45) is 5.92 Å². The van der Waals surface area contributed by atoms with E-state index in [0.717, 1.165) is 25.2 Å². The Morgan fingerprint density at radius 3 is 1.84 bits per heavy atom. The van der Waals surface area contributed by atoms with Crippen molar-refractivity contribution in [3.05, 3.63) is 0 Å². The zero-order chi connectivity index (χ0) is 15.1. The molecule has 0 saturated carbocycles. The Balaban J connectivity index is 0. The van der Waals surface area contributed by atoms with E-state index in [-0.39, 0.29) is 0 Å². The fourth-order valence-electron chi connectivity index (χ4n) is 2.40. The second-order valence-corrected chi connectivity index (χ2v) is 4.82. The van der Waals surface area contributed by atoms with Crippen LogP contribution in [0.15, 0.2) is 0 Å². The molecule has 2 atom stereocenters. The molecule has 2 fully saturated rings. The molecule has 2 aliphatic heterocycles. The number of likely N-dealkylation sites (tertiary alicyclic amines) is 1. The Hall–Kier alpha value is -0.0800. The average Bonchev–Trinajstić information content (AvgIpc) is 3.14. The van der Waals surface area contributed by atoms with Crippen LogP contribution in [0.1, 0.15) is 73.6 Å². The summed E-state index contributed by atoms with van der Waals surface area (Å²) in [5.74, 6) is 0.875. The van der Waals surface area contributed by atoms with E-state index in [1.807, 2.05) is 27.7 Å². The van der Waals surface area contributed by atoms with Crippen LogP contribution >= 0.6 is 0 Å². The van der Waals surface area contributed by atoms with E-state index in [2.05, 4.69) is 25.8 Å². The van der Waals surface area contributed by atoms with E-state index in [1.165, 1.54) is 38.6 Å². The van der Waals surface area contributed by atoms with Gasteiger partial charge in [-0.05, 0) is 45.2 Å². The minimum Gasteiger partial charge on any atom is -0.381 e. The second-order valence-electron chi connectivity index (χ2n) is 4.82. The molecule has 0 amide bonds. The number of hydrogen-bond acceptors (Lipinski definition) is 2. The molecule has 2 rings (SSSR count). The van der Waals surface area contributed by atoms with Crippen molar-refractivity contribution in [1.82, 2.24) is 4.90 Å². The number of hydrogen-bond donors (Lipinski definition) is 0. The molecule has 0 aromatic rings. The van der Waals surface area contributed by atoms with Gasteiger partial charge in [-0.1, -0.05) is 48.0 Å². The summed E-state index contributed by atoms with van der Waals surface area (Å²) >= 11 is 0. The predicted octanol–water partition coefficient (Wildman–Crippen LogP) is 4.98. The molecular weight excluding hydrogens is 234 g/mol. The van der Waals surface area contributed by atoms with Gasteiger partial charge in [-0.15, -0.1) is 0 Å². The Bertz CT molecular complexity index is 155. The van der Waals surface area contributed by atoms with Crippen LogP contribution in [0.2, 0.25) is 0 Å². The number of rotatable bonds is 2. The third-order valence-corrected chi connectivity index (χ3v) is 3.74. The van der Waals surface area contributed by atoms with Crippen molar-refractivity contribution in [3.8, 4) is 0 Å². The Morgan fingerprint density at radius 2 is 1.63 bits per heavy atom. The van der Waals surface area contributed by atoms with E-state index >= 15 is 0 Å². The van der Waals surface area contributed by atoms with Gasteiger partial charge >= 0.3 is 0 Å². The molecule has 0 aromatic carbocycles. The summed E-state index contributed by atoms with van der Waals surface area (Å²) in [6.07, 6.45) is 6.75. The molecule has 0 radical (unpaired) electrons. The zero-order valence-corrected chi connectivity index (χ0v) is 14.7. The van der Waals surface area contributed by atoms with Gasteiger partial charge in [0.15, 0.2) is 0 Å². The Labute approximate surface area is 122 Å². The van der Waals surface area contributed by atoms with Crippen LogP contribution in [-0.2, 0) is 4.74 Å². The zero-order valence-electron chi connectivity index (χ0n) is 14.7. The number of ether oxygens (including phenoxy) is 1. The van der Waals surface area contributed by atoms with Gasteiger partial charge in [-0.3, -0.25) is 0 Å². The normalized spacial score (nSPS) is 25.4. The van der Waals surface area contributed by atoms with Gasteiger partial charge < -0.3 is 9.64 Å². The van der Waals surface area contributed by atoms with Crippen molar-refractivity contribution in [1.29, 1.82) is 0 Å². The fourth-order valence-corrected chi connectivity index (χ4v) is 2.40. The highest BCUT2D eigenvalue weighted by atomic mass is 16.5. The van der Waals surface area contributed by atoms with Gasteiger partial charge in [0.05, 0.1) is 0 Å². The maximum atomic E-state index is 5.15. The second kappa shape index (κ2) is 16.0. The van der Waals surface area contributed by atoms with Crippen molar-refractivity contribution in [2.45, 2.75) is 79.7 Å². The molecule has 2 nitrogen and oxygen atoms in total. The minimum absolute atomic E-state index is 0.875. The smallest absolute Gasteiger partial charge is 0.0495 e. The lowest BCUT2D eigenvalue weighted by atomic mass is 10.1. The molecule has 2 saturated heterocycles. The standard InChI is InChI=1S/C7H15N.C6H12O.2C2H6/c1-3-7-5-4-6-8(7)2;1-2-6-3-4-7-5-6;2*1-2/h7H,3-6H2,1-2H3;6H,2-5H2,1H3;2*1-2H3. The lowest BCUT2D eigenvalue weighted by Crippen LogP contribution is -2.23. The maximum Gasteiger partial charge on any atom is 0.0495 e. The lowest BCUT2D eigenvalue weighted by Gasteiger charge is -2.16. The summed E-state index contributed by atoms with van der Waals surface area (Å²) < 4.78 is 5.15. The summed E-state index contributed by atoms with van der Waals surface area (Å²) in [7, 11) is 2.22. The Kier molecular flexibility index (Phi) is 17.8. The third-order valence-electron chi connectivity index (χ3n) is 3.74. The molecule has 2 aliphatic rings. The Morgan fingerprint density at radius 1 is 1.00 bits per heavy atom. The molecule has 2 unspecified atom stereocenters. The highest BCUT2D eigenvalue weighted by Gasteiger charge is 2.17. The van der Waals surface area contributed by atoms with Crippen LogP contribution in [0.5, 0.6) is 0 Å². The van der Waals surface area contributed by atoms with Gasteiger partial charge in [-0.25, -0.2) is 0 Å². The summed E-state index contributed by atoms with van der Waals surface area (Å²) in [5, 5.41) is 0. The van der Waals surface area contributed by atoms with E-state index in [0.29, 0.717) is 0 Å². The SMILES string of the molecule is CC.CC.CCC1CCCN1C.CCC1CCOC1. The minimum atomic E-state index is 0.875. The van der Waals surface area contributed by atoms with Crippen molar-refractivity contribution >= 4 is 0 Å². The number of nitrogens with zero attached hydrogens (tertiary/aromatic N) is 1. The first kappa shape index (κ1) is 21.2. The van der Waals surface area contributed by atoms with Crippen LogP contribution in [0.4, 0.5) is 0 Å². The van der Waals surface area contributed by atoms with Crippen molar-refractivity contribution in [3.63, 3.8) is 0 Å². The molecule has 0 bridgehead atoms. The van der Waals surface area contributed by atoms with Crippen LogP contribution in [0, 0.1) is 5.92 Å². The first-order chi connectivity index (χ1) is 9.27. The monoisotopic (exact) mass is 273 g/mol. The van der Waals surface area contributed by atoms with E-state index in [4.69, 9.17) is 4.74 Å². The van der Waals surface area contributed by atoms with Crippen LogP contribution in [0.3, 0.4) is 0 Å².